The molecular weight excluding hydrogens is 390 g/mol. The van der Waals surface area contributed by atoms with E-state index in [9.17, 15) is 9.90 Å². The maximum absolute atomic E-state index is 12.9. The molecular formula is C24H29N5O2. The number of aliphatic hydroxyl groups is 1. The van der Waals surface area contributed by atoms with Crippen molar-refractivity contribution < 1.29 is 5.11 Å². The highest BCUT2D eigenvalue weighted by molar-refractivity contribution is 5.78. The zero-order valence-electron chi connectivity index (χ0n) is 17.7. The molecule has 162 valence electrons. The Kier molecular flexibility index (Phi) is 5.70. The van der Waals surface area contributed by atoms with Gasteiger partial charge >= 0.3 is 0 Å². The smallest absolute Gasteiger partial charge is 0.269 e. The van der Waals surface area contributed by atoms with Crippen LogP contribution in [0.2, 0.25) is 0 Å². The van der Waals surface area contributed by atoms with E-state index in [2.05, 4.69) is 44.1 Å². The van der Waals surface area contributed by atoms with Crippen LogP contribution in [0, 0.1) is 0 Å². The Labute approximate surface area is 181 Å². The number of anilines is 1. The summed E-state index contributed by atoms with van der Waals surface area (Å²) in [6, 6.07) is 12.3. The Bertz CT molecular complexity index is 1110. The second kappa shape index (κ2) is 8.77. The number of fused-ring (bicyclic) bond motifs is 1. The van der Waals surface area contributed by atoms with Crippen molar-refractivity contribution in [3.63, 3.8) is 0 Å². The van der Waals surface area contributed by atoms with Gasteiger partial charge in [-0.2, -0.15) is 5.10 Å². The third-order valence-electron chi connectivity index (χ3n) is 6.54. The number of hydrogen-bond acceptors (Lipinski definition) is 6. The third-order valence-corrected chi connectivity index (χ3v) is 6.54. The van der Waals surface area contributed by atoms with Crippen LogP contribution in [0.3, 0.4) is 0 Å². The lowest BCUT2D eigenvalue weighted by Crippen LogP contribution is -2.41. The zero-order valence-corrected chi connectivity index (χ0v) is 17.7. The van der Waals surface area contributed by atoms with Crippen LogP contribution in [-0.2, 0) is 6.54 Å². The summed E-state index contributed by atoms with van der Waals surface area (Å²) >= 11 is 0. The van der Waals surface area contributed by atoms with Crippen molar-refractivity contribution in [2.75, 3.05) is 31.1 Å². The van der Waals surface area contributed by atoms with E-state index >= 15 is 0 Å². The molecule has 0 aliphatic carbocycles. The SMILES string of the molecule is O=c1cc(N2CCC(O)CC2)cnn1[C@@H]1CCCN(Cc2ccc3ncccc3c2)C1. The molecule has 2 aliphatic rings. The minimum atomic E-state index is -0.225. The van der Waals surface area contributed by atoms with Crippen molar-refractivity contribution in [2.24, 2.45) is 0 Å². The van der Waals surface area contributed by atoms with Crippen LogP contribution >= 0.6 is 0 Å². The Hall–Kier alpha value is -2.77. The van der Waals surface area contributed by atoms with Gasteiger partial charge < -0.3 is 10.0 Å². The fourth-order valence-electron chi connectivity index (χ4n) is 4.84. The molecule has 1 N–H and O–H groups in total. The van der Waals surface area contributed by atoms with Crippen LogP contribution in [0.5, 0.6) is 0 Å². The van der Waals surface area contributed by atoms with Crippen LogP contribution in [0.4, 0.5) is 5.69 Å². The van der Waals surface area contributed by atoms with Gasteiger partial charge in [-0.3, -0.25) is 14.7 Å². The first kappa shape index (κ1) is 20.2. The van der Waals surface area contributed by atoms with Crippen molar-refractivity contribution in [1.82, 2.24) is 19.7 Å². The number of hydrogen-bond donors (Lipinski definition) is 1. The van der Waals surface area contributed by atoms with Gasteiger partial charge in [-0.1, -0.05) is 12.1 Å². The molecule has 1 atom stereocenters. The van der Waals surface area contributed by atoms with Gasteiger partial charge in [0, 0.05) is 43.8 Å². The molecule has 2 aromatic heterocycles. The van der Waals surface area contributed by atoms with Crippen molar-refractivity contribution in [2.45, 2.75) is 44.4 Å². The second-order valence-electron chi connectivity index (χ2n) is 8.78. The molecule has 1 aromatic carbocycles. The fraction of sp³-hybridized carbons (Fsp3) is 0.458. The summed E-state index contributed by atoms with van der Waals surface area (Å²) in [6.07, 6.45) is 6.92. The molecule has 7 heteroatoms. The van der Waals surface area contributed by atoms with E-state index in [1.807, 2.05) is 18.5 Å². The van der Waals surface area contributed by atoms with E-state index < -0.39 is 0 Å². The average Bonchev–Trinajstić information content (AvgIpc) is 2.79. The van der Waals surface area contributed by atoms with Crippen LogP contribution in [0.1, 0.15) is 37.3 Å². The molecule has 0 saturated carbocycles. The molecule has 0 spiro atoms. The van der Waals surface area contributed by atoms with Gasteiger partial charge in [0.2, 0.25) is 0 Å². The number of aliphatic hydroxyl groups excluding tert-OH is 1. The molecule has 0 radical (unpaired) electrons. The lowest BCUT2D eigenvalue weighted by Gasteiger charge is -2.34. The first-order chi connectivity index (χ1) is 15.2. The fourth-order valence-corrected chi connectivity index (χ4v) is 4.84. The topological polar surface area (TPSA) is 74.5 Å². The molecule has 7 nitrogen and oxygen atoms in total. The van der Waals surface area contributed by atoms with Gasteiger partial charge in [-0.25, -0.2) is 4.68 Å². The summed E-state index contributed by atoms with van der Waals surface area (Å²) in [5.41, 5.74) is 3.11. The number of piperidine rings is 2. The molecule has 3 aromatic rings. The monoisotopic (exact) mass is 419 g/mol. The maximum atomic E-state index is 12.9. The van der Waals surface area contributed by atoms with Crippen LogP contribution < -0.4 is 10.5 Å². The van der Waals surface area contributed by atoms with Gasteiger partial charge in [-0.05, 0) is 56.0 Å². The van der Waals surface area contributed by atoms with Crippen LogP contribution in [0.15, 0.2) is 53.6 Å². The van der Waals surface area contributed by atoms with Gasteiger partial charge in [0.25, 0.3) is 5.56 Å². The Balaban J connectivity index is 1.28. The second-order valence-corrected chi connectivity index (χ2v) is 8.78. The molecule has 0 bridgehead atoms. The van der Waals surface area contributed by atoms with E-state index in [0.29, 0.717) is 0 Å². The summed E-state index contributed by atoms with van der Waals surface area (Å²) in [6.45, 7) is 4.26. The molecule has 2 aliphatic heterocycles. The lowest BCUT2D eigenvalue weighted by atomic mass is 10.0. The predicted octanol–water partition coefficient (Wildman–Crippen LogP) is 2.59. The maximum Gasteiger partial charge on any atom is 0.269 e. The van der Waals surface area contributed by atoms with E-state index in [-0.39, 0.29) is 17.7 Å². The van der Waals surface area contributed by atoms with Crippen molar-refractivity contribution >= 4 is 16.6 Å². The van der Waals surface area contributed by atoms with Crippen molar-refractivity contribution in [3.05, 3.63) is 64.7 Å². The van der Waals surface area contributed by atoms with Crippen molar-refractivity contribution in [1.29, 1.82) is 0 Å². The number of nitrogens with zero attached hydrogens (tertiary/aromatic N) is 5. The molecule has 31 heavy (non-hydrogen) atoms. The van der Waals surface area contributed by atoms with Crippen molar-refractivity contribution in [3.8, 4) is 0 Å². The Morgan fingerprint density at radius 2 is 1.94 bits per heavy atom. The molecule has 0 unspecified atom stereocenters. The first-order valence-electron chi connectivity index (χ1n) is 11.2. The Morgan fingerprint density at radius 1 is 1.06 bits per heavy atom. The minimum absolute atomic E-state index is 0.0350. The number of aromatic nitrogens is 3. The van der Waals surface area contributed by atoms with Gasteiger partial charge in [0.05, 0.1) is 29.5 Å². The molecule has 2 fully saturated rings. The van der Waals surface area contributed by atoms with E-state index in [1.54, 1.807) is 10.7 Å². The largest absolute Gasteiger partial charge is 0.393 e. The molecule has 4 heterocycles. The highest BCUT2D eigenvalue weighted by Crippen LogP contribution is 2.23. The normalized spacial score (nSPS) is 20.9. The summed E-state index contributed by atoms with van der Waals surface area (Å²) in [5, 5.41) is 15.4. The third kappa shape index (κ3) is 4.48. The number of likely N-dealkylation sites (tertiary alicyclic amines) is 1. The van der Waals surface area contributed by atoms with Gasteiger partial charge in [0.15, 0.2) is 0 Å². The molecule has 2 saturated heterocycles. The van der Waals surface area contributed by atoms with Gasteiger partial charge in [0.1, 0.15) is 0 Å². The summed E-state index contributed by atoms with van der Waals surface area (Å²) in [7, 11) is 0. The molecule has 5 rings (SSSR count). The minimum Gasteiger partial charge on any atom is -0.393 e. The first-order valence-corrected chi connectivity index (χ1v) is 11.2. The van der Waals surface area contributed by atoms with Gasteiger partial charge in [-0.15, -0.1) is 0 Å². The lowest BCUT2D eigenvalue weighted by molar-refractivity contribution is 0.145. The average molecular weight is 420 g/mol. The van der Waals surface area contributed by atoms with Crippen LogP contribution in [0.25, 0.3) is 10.9 Å². The predicted molar refractivity (Wildman–Crippen MR) is 121 cm³/mol. The summed E-state index contributed by atoms with van der Waals surface area (Å²) < 4.78 is 1.67. The quantitative estimate of drug-likeness (QED) is 0.701. The number of rotatable bonds is 4. The highest BCUT2D eigenvalue weighted by atomic mass is 16.3. The van der Waals surface area contributed by atoms with E-state index in [1.165, 1.54) is 5.56 Å². The zero-order chi connectivity index (χ0) is 21.2. The number of benzene rings is 1. The number of pyridine rings is 1. The highest BCUT2D eigenvalue weighted by Gasteiger charge is 2.24. The molecule has 0 amide bonds. The summed E-state index contributed by atoms with van der Waals surface area (Å²) in [5.74, 6) is 0. The standard InChI is InChI=1S/C24H29N5O2/c30-22-7-11-28(12-8-22)21-14-24(31)29(26-15-21)20-4-2-10-27(17-20)16-18-5-6-23-19(13-18)3-1-9-25-23/h1,3,5-6,9,13-15,20,22,30H,2,4,7-8,10-12,16-17H2/t20-/m1/s1. The summed E-state index contributed by atoms with van der Waals surface area (Å²) in [4.78, 5) is 21.8. The van der Waals surface area contributed by atoms with E-state index in [0.717, 1.165) is 75.0 Å². The Morgan fingerprint density at radius 3 is 2.77 bits per heavy atom. The van der Waals surface area contributed by atoms with E-state index in [4.69, 9.17) is 0 Å². The van der Waals surface area contributed by atoms with Crippen LogP contribution in [-0.4, -0.2) is 57.1 Å².